The first kappa shape index (κ1) is 19.9. The second kappa shape index (κ2) is 7.62. The fourth-order valence-corrected chi connectivity index (χ4v) is 5.37. The third kappa shape index (κ3) is 4.18. The molecule has 2 amide bonds. The summed E-state index contributed by atoms with van der Waals surface area (Å²) in [7, 11) is -3.04. The van der Waals surface area contributed by atoms with Crippen LogP contribution in [0.25, 0.3) is 0 Å². The van der Waals surface area contributed by atoms with E-state index in [1.807, 2.05) is 25.1 Å². The third-order valence-corrected chi connectivity index (χ3v) is 7.45. The second-order valence-corrected chi connectivity index (χ2v) is 10.1. The molecule has 0 spiro atoms. The molecule has 27 heavy (non-hydrogen) atoms. The van der Waals surface area contributed by atoms with Crippen molar-refractivity contribution in [2.24, 2.45) is 0 Å². The molecule has 1 saturated heterocycles. The zero-order valence-electron chi connectivity index (χ0n) is 16.0. The Hall–Kier alpha value is -1.89. The monoisotopic (exact) mass is 392 g/mol. The molecule has 2 fully saturated rings. The summed E-state index contributed by atoms with van der Waals surface area (Å²) in [5.41, 5.74) is 1.55. The molecule has 1 unspecified atom stereocenters. The summed E-state index contributed by atoms with van der Waals surface area (Å²) in [6, 6.07) is 7.38. The summed E-state index contributed by atoms with van der Waals surface area (Å²) < 4.78 is 23.1. The maximum Gasteiger partial charge on any atom is 0.244 e. The minimum absolute atomic E-state index is 0.00731. The molecule has 2 aliphatic rings. The van der Waals surface area contributed by atoms with Crippen LogP contribution in [-0.2, 0) is 24.8 Å². The van der Waals surface area contributed by atoms with E-state index in [-0.39, 0.29) is 36.4 Å². The highest BCUT2D eigenvalue weighted by Gasteiger charge is 2.43. The molecule has 1 aromatic carbocycles. The number of hydrogen-bond donors (Lipinski definition) is 1. The lowest BCUT2D eigenvalue weighted by Gasteiger charge is -2.33. The maximum absolute atomic E-state index is 13.2. The normalized spacial score (nSPS) is 22.2. The Morgan fingerprint density at radius 2 is 1.78 bits per heavy atom. The first-order valence-corrected chi connectivity index (χ1v) is 11.4. The smallest absolute Gasteiger partial charge is 0.244 e. The van der Waals surface area contributed by atoms with Crippen molar-refractivity contribution in [3.05, 3.63) is 35.4 Å². The molecule has 148 valence electrons. The van der Waals surface area contributed by atoms with Gasteiger partial charge in [-0.25, -0.2) is 8.42 Å². The highest BCUT2D eigenvalue weighted by molar-refractivity contribution is 7.91. The van der Waals surface area contributed by atoms with Crippen molar-refractivity contribution in [2.45, 2.75) is 51.0 Å². The molecule has 0 radical (unpaired) electrons. The highest BCUT2D eigenvalue weighted by atomic mass is 32.2. The number of rotatable bonds is 4. The van der Waals surface area contributed by atoms with Gasteiger partial charge in [0.05, 0.1) is 16.9 Å². The van der Waals surface area contributed by atoms with Gasteiger partial charge in [0.1, 0.15) is 6.04 Å². The van der Waals surface area contributed by atoms with Crippen LogP contribution in [0.4, 0.5) is 0 Å². The van der Waals surface area contributed by atoms with Gasteiger partial charge in [-0.2, -0.15) is 0 Å². The number of amides is 2. The zero-order valence-corrected chi connectivity index (χ0v) is 16.8. The van der Waals surface area contributed by atoms with Crippen LogP contribution in [0.15, 0.2) is 24.3 Å². The number of sulfone groups is 1. The minimum atomic E-state index is -3.04. The average molecular weight is 393 g/mol. The molecule has 1 atom stereocenters. The molecule has 1 aliphatic heterocycles. The minimum Gasteiger partial charge on any atom is -0.344 e. The SMILES string of the molecule is Cc1cccc(C2(C(=O)NC(C)C(=O)N3CCS(=O)(=O)CC3)CCCC2)c1. The molecule has 7 heteroatoms. The van der Waals surface area contributed by atoms with Crippen LogP contribution in [0.5, 0.6) is 0 Å². The van der Waals surface area contributed by atoms with Gasteiger partial charge in [-0.05, 0) is 32.3 Å². The van der Waals surface area contributed by atoms with Crippen LogP contribution in [0.3, 0.4) is 0 Å². The Balaban J connectivity index is 1.71. The fourth-order valence-electron chi connectivity index (χ4n) is 4.17. The van der Waals surface area contributed by atoms with Crippen LogP contribution in [-0.4, -0.2) is 55.8 Å². The number of carbonyl (C=O) groups excluding carboxylic acids is 2. The zero-order chi connectivity index (χ0) is 19.7. The van der Waals surface area contributed by atoms with Crippen LogP contribution in [0.2, 0.25) is 0 Å². The Morgan fingerprint density at radius 1 is 1.15 bits per heavy atom. The Bertz CT molecular complexity index is 814. The lowest BCUT2D eigenvalue weighted by molar-refractivity contribution is -0.137. The summed E-state index contributed by atoms with van der Waals surface area (Å²) in [5.74, 6) is -0.328. The van der Waals surface area contributed by atoms with Gasteiger partial charge < -0.3 is 10.2 Å². The highest BCUT2D eigenvalue weighted by Crippen LogP contribution is 2.41. The van der Waals surface area contributed by atoms with E-state index in [9.17, 15) is 18.0 Å². The lowest BCUT2D eigenvalue weighted by atomic mass is 9.77. The molecule has 1 aliphatic carbocycles. The van der Waals surface area contributed by atoms with Crippen molar-refractivity contribution in [3.63, 3.8) is 0 Å². The molecule has 1 saturated carbocycles. The van der Waals surface area contributed by atoms with E-state index in [0.29, 0.717) is 0 Å². The van der Waals surface area contributed by atoms with Crippen LogP contribution in [0, 0.1) is 6.92 Å². The standard InChI is InChI=1S/C20H28N2O4S/c1-15-6-5-7-17(14-15)20(8-3-4-9-20)19(24)21-16(2)18(23)22-10-12-27(25,26)13-11-22/h5-7,14,16H,3-4,8-13H2,1-2H3,(H,21,24). The van der Waals surface area contributed by atoms with Gasteiger partial charge in [0, 0.05) is 13.1 Å². The molecular formula is C20H28N2O4S. The predicted octanol–water partition coefficient (Wildman–Crippen LogP) is 1.57. The topological polar surface area (TPSA) is 83.6 Å². The summed E-state index contributed by atoms with van der Waals surface area (Å²) in [5, 5.41) is 2.92. The molecular weight excluding hydrogens is 364 g/mol. The van der Waals surface area contributed by atoms with E-state index in [1.54, 1.807) is 11.8 Å². The summed E-state index contributed by atoms with van der Waals surface area (Å²) in [4.78, 5) is 27.4. The van der Waals surface area contributed by atoms with E-state index in [1.165, 1.54) is 0 Å². The van der Waals surface area contributed by atoms with Crippen LogP contribution in [0.1, 0.15) is 43.7 Å². The van der Waals surface area contributed by atoms with E-state index < -0.39 is 21.3 Å². The van der Waals surface area contributed by atoms with Gasteiger partial charge in [0.15, 0.2) is 9.84 Å². The Morgan fingerprint density at radius 3 is 2.37 bits per heavy atom. The largest absolute Gasteiger partial charge is 0.344 e. The van der Waals surface area contributed by atoms with Crippen molar-refractivity contribution in [1.29, 1.82) is 0 Å². The van der Waals surface area contributed by atoms with Gasteiger partial charge in [0.25, 0.3) is 0 Å². The van der Waals surface area contributed by atoms with Crippen molar-refractivity contribution in [1.82, 2.24) is 10.2 Å². The van der Waals surface area contributed by atoms with E-state index in [2.05, 4.69) is 11.4 Å². The molecule has 6 nitrogen and oxygen atoms in total. The predicted molar refractivity (Wildman–Crippen MR) is 104 cm³/mol. The summed E-state index contributed by atoms with van der Waals surface area (Å²) in [6.45, 7) is 4.09. The van der Waals surface area contributed by atoms with Crippen molar-refractivity contribution < 1.29 is 18.0 Å². The number of carbonyl (C=O) groups is 2. The average Bonchev–Trinajstić information content (AvgIpc) is 3.12. The number of nitrogens with one attached hydrogen (secondary N) is 1. The molecule has 3 rings (SSSR count). The number of aryl methyl sites for hydroxylation is 1. The van der Waals surface area contributed by atoms with E-state index in [4.69, 9.17) is 0 Å². The van der Waals surface area contributed by atoms with Gasteiger partial charge in [-0.15, -0.1) is 0 Å². The van der Waals surface area contributed by atoms with Gasteiger partial charge in [-0.1, -0.05) is 42.7 Å². The quantitative estimate of drug-likeness (QED) is 0.843. The fraction of sp³-hybridized carbons (Fsp3) is 0.600. The van der Waals surface area contributed by atoms with Crippen molar-refractivity contribution in [2.75, 3.05) is 24.6 Å². The van der Waals surface area contributed by atoms with Crippen LogP contribution >= 0.6 is 0 Å². The summed E-state index contributed by atoms with van der Waals surface area (Å²) >= 11 is 0. The van der Waals surface area contributed by atoms with E-state index in [0.717, 1.165) is 36.8 Å². The second-order valence-electron chi connectivity index (χ2n) is 7.83. The molecule has 1 N–H and O–H groups in total. The Kier molecular flexibility index (Phi) is 5.60. The summed E-state index contributed by atoms with van der Waals surface area (Å²) in [6.07, 6.45) is 3.55. The third-order valence-electron chi connectivity index (χ3n) is 5.84. The number of hydrogen-bond acceptors (Lipinski definition) is 4. The Labute approximate surface area is 161 Å². The van der Waals surface area contributed by atoms with Crippen molar-refractivity contribution in [3.8, 4) is 0 Å². The number of benzene rings is 1. The molecule has 0 bridgehead atoms. The van der Waals surface area contributed by atoms with Crippen molar-refractivity contribution >= 4 is 21.7 Å². The maximum atomic E-state index is 13.2. The van der Waals surface area contributed by atoms with Gasteiger partial charge >= 0.3 is 0 Å². The van der Waals surface area contributed by atoms with Crippen LogP contribution < -0.4 is 5.32 Å². The number of nitrogens with zero attached hydrogens (tertiary/aromatic N) is 1. The molecule has 0 aromatic heterocycles. The molecule has 1 aromatic rings. The van der Waals surface area contributed by atoms with Gasteiger partial charge in [-0.3, -0.25) is 9.59 Å². The van der Waals surface area contributed by atoms with Gasteiger partial charge in [0.2, 0.25) is 11.8 Å². The molecule has 1 heterocycles. The van der Waals surface area contributed by atoms with E-state index >= 15 is 0 Å². The first-order valence-electron chi connectivity index (χ1n) is 9.61. The first-order chi connectivity index (χ1) is 12.7. The lowest BCUT2D eigenvalue weighted by Crippen LogP contribution is -2.54.